The summed E-state index contributed by atoms with van der Waals surface area (Å²) < 4.78 is 3.86. The van der Waals surface area contributed by atoms with Gasteiger partial charge in [-0.15, -0.1) is 0 Å². The van der Waals surface area contributed by atoms with Gasteiger partial charge in [0.2, 0.25) is 0 Å². The van der Waals surface area contributed by atoms with Crippen molar-refractivity contribution in [3.8, 4) is 5.75 Å². The second-order valence-corrected chi connectivity index (χ2v) is 2.18. The van der Waals surface area contributed by atoms with Crippen molar-refractivity contribution in [1.82, 2.24) is 0 Å². The Morgan fingerprint density at radius 2 is 1.79 bits per heavy atom. The predicted octanol–water partition coefficient (Wildman–Crippen LogP) is 0.880. The second-order valence-electron chi connectivity index (χ2n) is 2.18. The van der Waals surface area contributed by atoms with Crippen LogP contribution in [0.4, 0.5) is 0 Å². The molecule has 5 heteroatoms. The molecule has 0 aliphatic carbocycles. The lowest BCUT2D eigenvalue weighted by Gasteiger charge is -1.92. The molecule has 0 aliphatic rings. The molecule has 76 valence electrons. The molecule has 0 atom stereocenters. The van der Waals surface area contributed by atoms with Gasteiger partial charge in [-0.1, -0.05) is 0 Å². The zero-order valence-electron chi connectivity index (χ0n) is 7.51. The zero-order valence-corrected chi connectivity index (χ0v) is 7.51. The van der Waals surface area contributed by atoms with Crippen LogP contribution in [0.25, 0.3) is 0 Å². The van der Waals surface area contributed by atoms with Gasteiger partial charge in [0.05, 0.1) is 12.7 Å². The topological polar surface area (TPSA) is 83.8 Å². The Morgan fingerprint density at radius 1 is 1.36 bits per heavy atom. The molecule has 1 aromatic rings. The number of carbonyl (C=O) groups is 2. The number of phenols is 1. The molecule has 14 heavy (non-hydrogen) atoms. The molecule has 0 saturated carbocycles. The lowest BCUT2D eigenvalue weighted by Crippen LogP contribution is -1.93. The van der Waals surface area contributed by atoms with Gasteiger partial charge >= 0.3 is 5.97 Å². The summed E-state index contributed by atoms with van der Waals surface area (Å²) in [6, 6.07) is 5.36. The van der Waals surface area contributed by atoms with Crippen molar-refractivity contribution < 1.29 is 24.5 Å². The van der Waals surface area contributed by atoms with Gasteiger partial charge in [0.15, 0.2) is 0 Å². The minimum absolute atomic E-state index is 0.0741. The number of hydrogen-bond acceptors (Lipinski definition) is 4. The number of rotatable bonds is 2. The average Bonchev–Trinajstić information content (AvgIpc) is 2.19. The largest absolute Gasteiger partial charge is 0.508 e. The first-order valence-electron chi connectivity index (χ1n) is 3.60. The van der Waals surface area contributed by atoms with Crippen molar-refractivity contribution in [2.24, 2.45) is 0 Å². The Balaban J connectivity index is 0.000000364. The quantitative estimate of drug-likeness (QED) is 0.689. The standard InChI is InChI=1S/C7H6O3.C2H4O2/c8-6-3-1-5(2-4-6)7(9)10;1-4-2-3/h1-4,8H,(H,9,10);2H,1H3. The Morgan fingerprint density at radius 3 is 2.07 bits per heavy atom. The predicted molar refractivity (Wildman–Crippen MR) is 48.1 cm³/mol. The maximum Gasteiger partial charge on any atom is 0.335 e. The number of benzene rings is 1. The van der Waals surface area contributed by atoms with Crippen molar-refractivity contribution in [2.75, 3.05) is 7.11 Å². The van der Waals surface area contributed by atoms with E-state index in [1.54, 1.807) is 0 Å². The summed E-state index contributed by atoms with van der Waals surface area (Å²) in [5.74, 6) is -0.912. The number of aromatic hydroxyl groups is 1. The van der Waals surface area contributed by atoms with Crippen LogP contribution >= 0.6 is 0 Å². The molecule has 0 aromatic heterocycles. The Hall–Kier alpha value is -2.04. The minimum Gasteiger partial charge on any atom is -0.508 e. The van der Waals surface area contributed by atoms with Gasteiger partial charge < -0.3 is 14.9 Å². The van der Waals surface area contributed by atoms with E-state index in [9.17, 15) is 4.79 Å². The maximum atomic E-state index is 10.2. The Bertz CT molecular complexity index is 291. The van der Waals surface area contributed by atoms with E-state index in [4.69, 9.17) is 15.0 Å². The van der Waals surface area contributed by atoms with Crippen molar-refractivity contribution in [2.45, 2.75) is 0 Å². The van der Waals surface area contributed by atoms with Crippen LogP contribution in [0.1, 0.15) is 10.4 Å². The van der Waals surface area contributed by atoms with Gasteiger partial charge in [0.1, 0.15) is 5.75 Å². The highest BCUT2D eigenvalue weighted by Gasteiger charge is 1.99. The fraction of sp³-hybridized carbons (Fsp3) is 0.111. The van der Waals surface area contributed by atoms with E-state index in [0.717, 1.165) is 0 Å². The van der Waals surface area contributed by atoms with Gasteiger partial charge in [-0.3, -0.25) is 4.79 Å². The molecule has 2 N–H and O–H groups in total. The summed E-state index contributed by atoms with van der Waals surface area (Å²) in [6.45, 7) is 0.375. The van der Waals surface area contributed by atoms with Crippen LogP contribution in [0.3, 0.4) is 0 Å². The number of methoxy groups -OCH3 is 1. The number of hydrogen-bond donors (Lipinski definition) is 2. The van der Waals surface area contributed by atoms with Crippen LogP contribution in [0.5, 0.6) is 5.75 Å². The fourth-order valence-electron chi connectivity index (χ4n) is 0.604. The second kappa shape index (κ2) is 6.47. The van der Waals surface area contributed by atoms with Crippen molar-refractivity contribution in [3.63, 3.8) is 0 Å². The first kappa shape index (κ1) is 12.0. The maximum absolute atomic E-state index is 10.2. The van der Waals surface area contributed by atoms with Crippen LogP contribution in [-0.2, 0) is 9.53 Å². The Kier molecular flexibility index (Phi) is 5.53. The summed E-state index contributed by atoms with van der Waals surface area (Å²) in [5, 5.41) is 17.1. The average molecular weight is 198 g/mol. The van der Waals surface area contributed by atoms with Gasteiger partial charge in [-0.2, -0.15) is 0 Å². The van der Waals surface area contributed by atoms with Gasteiger partial charge in [0, 0.05) is 0 Å². The molecule has 0 radical (unpaired) electrons. The fourth-order valence-corrected chi connectivity index (χ4v) is 0.604. The number of carboxylic acids is 1. The molecule has 0 unspecified atom stereocenters. The SMILES string of the molecule is COC=O.O=C(O)c1ccc(O)cc1. The van der Waals surface area contributed by atoms with Crippen molar-refractivity contribution in [1.29, 1.82) is 0 Å². The molecule has 5 nitrogen and oxygen atoms in total. The van der Waals surface area contributed by atoms with Crippen LogP contribution in [0, 0.1) is 0 Å². The first-order valence-corrected chi connectivity index (χ1v) is 3.60. The highest BCUT2D eigenvalue weighted by molar-refractivity contribution is 5.87. The summed E-state index contributed by atoms with van der Waals surface area (Å²) in [4.78, 5) is 19.2. The highest BCUT2D eigenvalue weighted by atomic mass is 16.5. The van der Waals surface area contributed by atoms with Crippen molar-refractivity contribution >= 4 is 12.4 Å². The molecule has 0 heterocycles. The van der Waals surface area contributed by atoms with Gasteiger partial charge in [-0.05, 0) is 24.3 Å². The molecule has 0 aliphatic heterocycles. The zero-order chi connectivity index (χ0) is 11.0. The lowest BCUT2D eigenvalue weighted by molar-refractivity contribution is -0.126. The normalized spacial score (nSPS) is 8.07. The summed E-state index contributed by atoms with van der Waals surface area (Å²) in [5.41, 5.74) is 0.179. The number of phenolic OH excluding ortho intramolecular Hbond substituents is 1. The molecule has 0 bridgehead atoms. The van der Waals surface area contributed by atoms with Crippen LogP contribution in [0.15, 0.2) is 24.3 Å². The summed E-state index contributed by atoms with van der Waals surface area (Å²) in [7, 11) is 1.31. The van der Waals surface area contributed by atoms with E-state index in [-0.39, 0.29) is 11.3 Å². The van der Waals surface area contributed by atoms with E-state index < -0.39 is 5.97 Å². The number of carboxylic acid groups (broad SMARTS) is 1. The molecule has 1 aromatic carbocycles. The monoisotopic (exact) mass is 198 g/mol. The van der Waals surface area contributed by atoms with E-state index in [1.165, 1.54) is 31.4 Å². The number of aromatic carboxylic acids is 1. The highest BCUT2D eigenvalue weighted by Crippen LogP contribution is 2.08. The van der Waals surface area contributed by atoms with E-state index >= 15 is 0 Å². The van der Waals surface area contributed by atoms with Gasteiger partial charge in [-0.25, -0.2) is 4.79 Å². The van der Waals surface area contributed by atoms with Crippen LogP contribution in [0.2, 0.25) is 0 Å². The van der Waals surface area contributed by atoms with Crippen LogP contribution < -0.4 is 0 Å². The third-order valence-electron chi connectivity index (χ3n) is 1.21. The van der Waals surface area contributed by atoms with E-state index in [2.05, 4.69) is 4.74 Å². The summed E-state index contributed by atoms with van der Waals surface area (Å²) in [6.07, 6.45) is 0. The molecular weight excluding hydrogens is 188 g/mol. The third-order valence-corrected chi connectivity index (χ3v) is 1.21. The van der Waals surface area contributed by atoms with Gasteiger partial charge in [0.25, 0.3) is 6.47 Å². The molecule has 0 saturated heterocycles. The van der Waals surface area contributed by atoms with Crippen LogP contribution in [-0.4, -0.2) is 29.8 Å². The third kappa shape index (κ3) is 4.76. The molecular formula is C9H10O5. The van der Waals surface area contributed by atoms with E-state index in [0.29, 0.717) is 6.47 Å². The number of carbonyl (C=O) groups excluding carboxylic acids is 1. The molecule has 0 spiro atoms. The van der Waals surface area contributed by atoms with E-state index in [1.807, 2.05) is 0 Å². The number of ether oxygens (including phenoxy) is 1. The van der Waals surface area contributed by atoms with Crippen molar-refractivity contribution in [3.05, 3.63) is 29.8 Å². The minimum atomic E-state index is -0.986. The molecule has 0 fully saturated rings. The molecule has 0 amide bonds. The first-order chi connectivity index (χ1) is 6.61. The summed E-state index contributed by atoms with van der Waals surface area (Å²) >= 11 is 0. The Labute approximate surface area is 80.6 Å². The molecule has 1 rings (SSSR count). The lowest BCUT2D eigenvalue weighted by atomic mass is 10.2. The smallest absolute Gasteiger partial charge is 0.335 e.